The lowest BCUT2D eigenvalue weighted by Crippen LogP contribution is -2.27. The molecule has 0 heterocycles. The summed E-state index contributed by atoms with van der Waals surface area (Å²) in [6.07, 6.45) is 0.276. The van der Waals surface area contributed by atoms with Gasteiger partial charge in [-0.15, -0.1) is 0 Å². The monoisotopic (exact) mass is 486 g/mol. The highest BCUT2D eigenvalue weighted by atomic mass is 32.2. The fourth-order valence-electron chi connectivity index (χ4n) is 2.84. The fraction of sp³-hybridized carbons (Fsp3) is 0.481. The predicted molar refractivity (Wildman–Crippen MR) is 141 cm³/mol. The van der Waals surface area contributed by atoms with Crippen LogP contribution in [0.3, 0.4) is 0 Å². The van der Waals surface area contributed by atoms with E-state index in [0.717, 1.165) is 16.8 Å². The second kappa shape index (κ2) is 11.2. The molecule has 0 bridgehead atoms. The molecule has 0 aliphatic carbocycles. The Bertz CT molecular complexity index is 1020. The minimum absolute atomic E-state index is 0.0114. The van der Waals surface area contributed by atoms with E-state index in [1.165, 1.54) is 0 Å². The maximum absolute atomic E-state index is 12.5. The summed E-state index contributed by atoms with van der Waals surface area (Å²) in [4.78, 5) is 26.2. The van der Waals surface area contributed by atoms with E-state index in [1.54, 1.807) is 37.9 Å². The van der Waals surface area contributed by atoms with Crippen LogP contribution < -0.4 is 14.8 Å². The van der Waals surface area contributed by atoms with Gasteiger partial charge in [-0.05, 0) is 35.9 Å². The molecule has 0 saturated heterocycles. The van der Waals surface area contributed by atoms with E-state index < -0.39 is 5.41 Å². The first-order valence-electron chi connectivity index (χ1n) is 11.3. The van der Waals surface area contributed by atoms with Crippen LogP contribution in [0, 0.1) is 5.41 Å². The molecule has 6 nitrogen and oxygen atoms in total. The molecule has 2 aromatic rings. The third kappa shape index (κ3) is 8.28. The summed E-state index contributed by atoms with van der Waals surface area (Å²) in [5.41, 5.74) is 2.04. The van der Waals surface area contributed by atoms with Crippen molar-refractivity contribution in [3.05, 3.63) is 47.5 Å². The van der Waals surface area contributed by atoms with Crippen molar-refractivity contribution in [1.82, 2.24) is 4.90 Å². The first-order chi connectivity index (χ1) is 15.7. The molecular weight excluding hydrogens is 448 g/mol. The highest BCUT2D eigenvalue weighted by molar-refractivity contribution is 7.99. The highest BCUT2D eigenvalue weighted by Gasteiger charge is 2.22. The fourth-order valence-corrected chi connectivity index (χ4v) is 3.66. The number of nitrogens with one attached hydrogen (secondary N) is 1. The summed E-state index contributed by atoms with van der Waals surface area (Å²) >= 11 is 1.80. The Morgan fingerprint density at radius 2 is 1.59 bits per heavy atom. The van der Waals surface area contributed by atoms with Crippen molar-refractivity contribution in [1.29, 1.82) is 0 Å². The van der Waals surface area contributed by atoms with Crippen LogP contribution in [0.4, 0.5) is 5.69 Å². The molecule has 7 heteroatoms. The quantitative estimate of drug-likeness (QED) is 0.486. The Balaban J connectivity index is 2.40. The largest absolute Gasteiger partial charge is 0.493 e. The lowest BCUT2D eigenvalue weighted by Gasteiger charge is -2.21. The van der Waals surface area contributed by atoms with E-state index in [0.29, 0.717) is 23.0 Å². The molecule has 0 spiro atoms. The smallest absolute Gasteiger partial charge is 0.229 e. The second-order valence-corrected chi connectivity index (χ2v) is 12.3. The number of ether oxygens (including phenoxy) is 2. The normalized spacial score (nSPS) is 11.7. The van der Waals surface area contributed by atoms with Gasteiger partial charge in [-0.1, -0.05) is 47.6 Å². The van der Waals surface area contributed by atoms with E-state index in [-0.39, 0.29) is 23.0 Å². The number of methoxy groups -OCH3 is 1. The van der Waals surface area contributed by atoms with Crippen molar-refractivity contribution in [2.75, 3.05) is 26.5 Å². The van der Waals surface area contributed by atoms with Gasteiger partial charge in [0.25, 0.3) is 0 Å². The molecule has 0 unspecified atom stereocenters. The average molecular weight is 487 g/mol. The first-order valence-corrected chi connectivity index (χ1v) is 12.3. The van der Waals surface area contributed by atoms with Gasteiger partial charge in [-0.2, -0.15) is 11.8 Å². The van der Waals surface area contributed by atoms with Gasteiger partial charge in [0.1, 0.15) is 5.75 Å². The first kappa shape index (κ1) is 27.6. The van der Waals surface area contributed by atoms with Crippen LogP contribution in [0.1, 0.15) is 52.7 Å². The van der Waals surface area contributed by atoms with Gasteiger partial charge in [-0.3, -0.25) is 9.59 Å². The maximum atomic E-state index is 12.5. The van der Waals surface area contributed by atoms with Crippen LogP contribution in [0.25, 0.3) is 0 Å². The summed E-state index contributed by atoms with van der Waals surface area (Å²) in [7, 11) is 5.07. The number of thioether (sulfide) groups is 1. The van der Waals surface area contributed by atoms with Gasteiger partial charge in [0.15, 0.2) is 11.5 Å². The average Bonchev–Trinajstić information content (AvgIpc) is 2.72. The Morgan fingerprint density at radius 3 is 2.15 bits per heavy atom. The van der Waals surface area contributed by atoms with E-state index in [2.05, 4.69) is 26.1 Å². The van der Waals surface area contributed by atoms with Crippen molar-refractivity contribution in [3.63, 3.8) is 0 Å². The van der Waals surface area contributed by atoms with E-state index in [1.807, 2.05) is 57.2 Å². The lowest BCUT2D eigenvalue weighted by atomic mass is 9.95. The minimum Gasteiger partial charge on any atom is -0.493 e. The molecule has 0 aliphatic heterocycles. The molecule has 34 heavy (non-hydrogen) atoms. The van der Waals surface area contributed by atoms with Crippen LogP contribution in [0.2, 0.25) is 0 Å². The minimum atomic E-state index is -0.493. The van der Waals surface area contributed by atoms with Gasteiger partial charge >= 0.3 is 0 Å². The molecular formula is C27H38N2O4S. The van der Waals surface area contributed by atoms with Gasteiger partial charge in [0.2, 0.25) is 11.8 Å². The summed E-state index contributed by atoms with van der Waals surface area (Å²) in [5.74, 6) is 2.48. The van der Waals surface area contributed by atoms with E-state index >= 15 is 0 Å². The van der Waals surface area contributed by atoms with Crippen LogP contribution in [0.5, 0.6) is 17.2 Å². The molecule has 186 valence electrons. The topological polar surface area (TPSA) is 67.9 Å². The third-order valence-corrected chi connectivity index (χ3v) is 6.28. The number of nitrogens with zero attached hydrogens (tertiary/aromatic N) is 1. The molecule has 0 atom stereocenters. The number of anilines is 1. The van der Waals surface area contributed by atoms with Crippen LogP contribution in [-0.2, 0) is 21.8 Å². The third-order valence-electron chi connectivity index (χ3n) is 4.96. The number of rotatable bonds is 8. The lowest BCUT2D eigenvalue weighted by molar-refractivity contribution is -0.128. The van der Waals surface area contributed by atoms with Gasteiger partial charge in [-0.25, -0.2) is 0 Å². The summed E-state index contributed by atoms with van der Waals surface area (Å²) in [6.45, 7) is 12.1. The molecule has 0 saturated carbocycles. The van der Waals surface area contributed by atoms with E-state index in [9.17, 15) is 9.59 Å². The number of hydrogen-bond acceptors (Lipinski definition) is 5. The Kier molecular flexibility index (Phi) is 9.06. The highest BCUT2D eigenvalue weighted by Crippen LogP contribution is 2.38. The van der Waals surface area contributed by atoms with Crippen LogP contribution in [-0.4, -0.2) is 42.7 Å². The molecule has 2 rings (SSSR count). The number of carbonyl (C=O) groups excluding carboxylic acids is 2. The van der Waals surface area contributed by atoms with Gasteiger partial charge in [0.05, 0.1) is 13.5 Å². The zero-order valence-electron chi connectivity index (χ0n) is 21.9. The van der Waals surface area contributed by atoms with Gasteiger partial charge in [0, 0.05) is 41.3 Å². The molecule has 0 fully saturated rings. The molecule has 0 aliphatic rings. The van der Waals surface area contributed by atoms with Crippen molar-refractivity contribution < 1.29 is 19.1 Å². The van der Waals surface area contributed by atoms with Crippen molar-refractivity contribution in [2.24, 2.45) is 5.41 Å². The van der Waals surface area contributed by atoms with Crippen molar-refractivity contribution in [2.45, 2.75) is 58.5 Å². The maximum Gasteiger partial charge on any atom is 0.229 e. The number of benzene rings is 2. The molecule has 0 radical (unpaired) electrons. The van der Waals surface area contributed by atoms with Crippen LogP contribution in [0.15, 0.2) is 36.4 Å². The molecule has 2 aromatic carbocycles. The Labute approximate surface area is 208 Å². The van der Waals surface area contributed by atoms with Gasteiger partial charge < -0.3 is 19.7 Å². The number of carbonyl (C=O) groups is 2. The number of amides is 2. The van der Waals surface area contributed by atoms with Crippen molar-refractivity contribution >= 4 is 29.3 Å². The number of hydrogen-bond donors (Lipinski definition) is 1. The Morgan fingerprint density at radius 1 is 0.941 bits per heavy atom. The molecule has 0 aromatic heterocycles. The molecule has 2 amide bonds. The zero-order valence-corrected chi connectivity index (χ0v) is 22.7. The summed E-state index contributed by atoms with van der Waals surface area (Å²) in [6, 6.07) is 11.2. The van der Waals surface area contributed by atoms with Crippen molar-refractivity contribution in [3.8, 4) is 17.2 Å². The van der Waals surface area contributed by atoms with E-state index in [4.69, 9.17) is 9.47 Å². The SMILES string of the molecule is COc1ccc(CC(=O)N(C)C)cc1Oc1ccc(NC(=O)C(C)(C)C)cc1CSC(C)(C)C. The molecule has 1 N–H and O–H groups in total. The number of likely N-dealkylation sites (N-methyl/N-ethyl adjacent to an activating group) is 1. The summed E-state index contributed by atoms with van der Waals surface area (Å²) in [5, 5.41) is 3.00. The predicted octanol–water partition coefficient (Wildman–Crippen LogP) is 6.13. The van der Waals surface area contributed by atoms with Crippen LogP contribution >= 0.6 is 11.8 Å². The summed E-state index contributed by atoms with van der Waals surface area (Å²) < 4.78 is 11.9. The second-order valence-electron chi connectivity index (χ2n) is 10.5. The standard InChI is InChI=1S/C27H38N2O4S/c1-26(2,3)25(31)28-20-11-13-21(19(16-20)17-34-27(4,5)6)33-23-14-18(10-12-22(23)32-9)15-24(30)29(7)8/h10-14,16H,15,17H2,1-9H3,(H,28,31). The zero-order chi connectivity index (χ0) is 25.7. The Hall–Kier alpha value is -2.67.